The zero-order chi connectivity index (χ0) is 22.5. The first-order valence-corrected chi connectivity index (χ1v) is 12.1. The van der Waals surface area contributed by atoms with Gasteiger partial charge < -0.3 is 15.6 Å². The number of carbonyl (C=O) groups excluding carboxylic acids is 2. The van der Waals surface area contributed by atoms with Crippen molar-refractivity contribution in [1.82, 2.24) is 30.4 Å². The molecule has 1 aliphatic heterocycles. The number of rotatable bonds is 8. The summed E-state index contributed by atoms with van der Waals surface area (Å²) in [5.41, 5.74) is 3.55. The molecule has 3 aliphatic rings. The number of hydrogen-bond donors (Lipinski definition) is 3. The number of carbonyl (C=O) groups is 2. The molecule has 3 fully saturated rings. The van der Waals surface area contributed by atoms with Crippen LogP contribution in [0.2, 0.25) is 0 Å². The van der Waals surface area contributed by atoms with Crippen molar-refractivity contribution in [2.24, 2.45) is 30.7 Å². The zero-order valence-corrected chi connectivity index (χ0v) is 18.9. The van der Waals surface area contributed by atoms with Gasteiger partial charge in [0, 0.05) is 25.7 Å². The molecule has 1 aromatic carbocycles. The number of aryl methyl sites for hydroxylation is 1. The molecule has 3 aromatic rings. The van der Waals surface area contributed by atoms with E-state index in [0.717, 1.165) is 41.8 Å². The molecule has 0 spiro atoms. The van der Waals surface area contributed by atoms with Gasteiger partial charge in [-0.3, -0.25) is 14.3 Å². The first-order valence-electron chi connectivity index (χ1n) is 12.1. The molecule has 2 atom stereocenters. The van der Waals surface area contributed by atoms with E-state index in [0.29, 0.717) is 23.4 Å². The minimum absolute atomic E-state index is 0.0462. The molecule has 3 N–H and O–H groups in total. The van der Waals surface area contributed by atoms with Crippen LogP contribution in [0.4, 0.5) is 0 Å². The van der Waals surface area contributed by atoms with Crippen molar-refractivity contribution in [3.63, 3.8) is 0 Å². The first-order chi connectivity index (χ1) is 16.1. The molecule has 172 valence electrons. The lowest BCUT2D eigenvalue weighted by molar-refractivity contribution is -0.122. The van der Waals surface area contributed by atoms with E-state index in [2.05, 4.69) is 32.8 Å². The summed E-state index contributed by atoms with van der Waals surface area (Å²) in [5, 5.41) is 10.4. The van der Waals surface area contributed by atoms with E-state index < -0.39 is 0 Å². The number of H-pyrrole nitrogens is 1. The summed E-state index contributed by atoms with van der Waals surface area (Å²) in [7, 11) is 1.79. The Morgan fingerprint density at radius 1 is 1.18 bits per heavy atom. The zero-order valence-electron chi connectivity index (χ0n) is 18.9. The van der Waals surface area contributed by atoms with Crippen molar-refractivity contribution < 1.29 is 9.59 Å². The van der Waals surface area contributed by atoms with E-state index in [1.165, 1.54) is 25.7 Å². The number of nitrogens with zero attached hydrogens (tertiary/aromatic N) is 3. The van der Waals surface area contributed by atoms with Crippen LogP contribution in [0.3, 0.4) is 0 Å². The number of imidazole rings is 1. The molecule has 2 aromatic heterocycles. The molecule has 2 amide bonds. The van der Waals surface area contributed by atoms with Crippen LogP contribution in [0, 0.1) is 23.7 Å². The SMILES string of the molecule is Cn1nccc1C(=O)N[C@H](c1nc2ccc(C[C@H]3CCNC3=O)cc2[nH]1)C(C1CC1)C1CC1. The van der Waals surface area contributed by atoms with Crippen LogP contribution in [0.5, 0.6) is 0 Å². The second kappa shape index (κ2) is 8.01. The molecule has 8 nitrogen and oxygen atoms in total. The third-order valence-electron chi connectivity index (χ3n) is 7.56. The van der Waals surface area contributed by atoms with Crippen molar-refractivity contribution in [2.45, 2.75) is 44.6 Å². The Morgan fingerprint density at radius 2 is 1.97 bits per heavy atom. The van der Waals surface area contributed by atoms with Gasteiger partial charge in [0.25, 0.3) is 5.91 Å². The van der Waals surface area contributed by atoms with Gasteiger partial charge in [-0.05, 0) is 80.0 Å². The summed E-state index contributed by atoms with van der Waals surface area (Å²) in [6.45, 7) is 0.766. The van der Waals surface area contributed by atoms with Crippen molar-refractivity contribution in [3.05, 3.63) is 47.5 Å². The molecule has 6 rings (SSSR count). The molecule has 0 radical (unpaired) electrons. The highest BCUT2D eigenvalue weighted by Gasteiger charge is 2.47. The van der Waals surface area contributed by atoms with Gasteiger partial charge in [-0.2, -0.15) is 5.10 Å². The van der Waals surface area contributed by atoms with Crippen LogP contribution < -0.4 is 10.6 Å². The Hall–Kier alpha value is -3.16. The van der Waals surface area contributed by atoms with Crippen molar-refractivity contribution in [3.8, 4) is 0 Å². The lowest BCUT2D eigenvalue weighted by Gasteiger charge is -2.27. The summed E-state index contributed by atoms with van der Waals surface area (Å²) in [6, 6.07) is 7.81. The Bertz CT molecular complexity index is 1190. The average Bonchev–Trinajstić information content (AvgIpc) is 3.70. The van der Waals surface area contributed by atoms with Gasteiger partial charge in [-0.1, -0.05) is 6.07 Å². The maximum Gasteiger partial charge on any atom is 0.270 e. The van der Waals surface area contributed by atoms with E-state index >= 15 is 0 Å². The summed E-state index contributed by atoms with van der Waals surface area (Å²) >= 11 is 0. The van der Waals surface area contributed by atoms with Crippen LogP contribution in [-0.4, -0.2) is 38.1 Å². The van der Waals surface area contributed by atoms with Crippen molar-refractivity contribution in [1.29, 1.82) is 0 Å². The summed E-state index contributed by atoms with van der Waals surface area (Å²) in [4.78, 5) is 33.6. The van der Waals surface area contributed by atoms with E-state index in [1.807, 2.05) is 6.07 Å². The molecule has 0 unspecified atom stereocenters. The second-order valence-corrected chi connectivity index (χ2v) is 10.00. The van der Waals surface area contributed by atoms with E-state index in [9.17, 15) is 9.59 Å². The van der Waals surface area contributed by atoms with Gasteiger partial charge in [0.2, 0.25) is 5.91 Å². The largest absolute Gasteiger partial charge is 0.356 e. The molecule has 0 bridgehead atoms. The lowest BCUT2D eigenvalue weighted by Crippen LogP contribution is -2.37. The van der Waals surface area contributed by atoms with Gasteiger partial charge in [0.05, 0.1) is 17.1 Å². The van der Waals surface area contributed by atoms with Crippen LogP contribution in [-0.2, 0) is 18.3 Å². The molecule has 3 heterocycles. The minimum atomic E-state index is -0.149. The maximum absolute atomic E-state index is 13.1. The van der Waals surface area contributed by atoms with Gasteiger partial charge in [-0.25, -0.2) is 4.98 Å². The topological polar surface area (TPSA) is 105 Å². The van der Waals surface area contributed by atoms with Gasteiger partial charge in [0.1, 0.15) is 11.5 Å². The molecule has 33 heavy (non-hydrogen) atoms. The summed E-state index contributed by atoms with van der Waals surface area (Å²) in [6.07, 6.45) is 8.19. The van der Waals surface area contributed by atoms with Gasteiger partial charge in [0.15, 0.2) is 0 Å². The van der Waals surface area contributed by atoms with Crippen LogP contribution in [0.1, 0.15) is 60.0 Å². The number of hydrogen-bond acceptors (Lipinski definition) is 4. The first kappa shape index (κ1) is 20.4. The van der Waals surface area contributed by atoms with Crippen LogP contribution in [0.25, 0.3) is 11.0 Å². The predicted molar refractivity (Wildman–Crippen MR) is 123 cm³/mol. The molecule has 1 saturated heterocycles. The number of aromatic nitrogens is 4. The predicted octanol–water partition coefficient (Wildman–Crippen LogP) is 2.88. The molecule has 2 saturated carbocycles. The number of fused-ring (bicyclic) bond motifs is 1. The van der Waals surface area contributed by atoms with Crippen molar-refractivity contribution >= 4 is 22.8 Å². The molecule has 8 heteroatoms. The highest BCUT2D eigenvalue weighted by Crippen LogP contribution is 2.54. The van der Waals surface area contributed by atoms with E-state index in [4.69, 9.17) is 4.98 Å². The van der Waals surface area contributed by atoms with Crippen LogP contribution >= 0.6 is 0 Å². The minimum Gasteiger partial charge on any atom is -0.356 e. The number of aromatic amines is 1. The number of benzene rings is 1. The fraction of sp³-hybridized carbons (Fsp3) is 0.520. The Balaban J connectivity index is 1.31. The fourth-order valence-corrected chi connectivity index (χ4v) is 5.53. The van der Waals surface area contributed by atoms with Gasteiger partial charge in [-0.15, -0.1) is 0 Å². The highest BCUT2D eigenvalue weighted by molar-refractivity contribution is 5.92. The van der Waals surface area contributed by atoms with Crippen LogP contribution in [0.15, 0.2) is 30.5 Å². The third-order valence-corrected chi connectivity index (χ3v) is 7.56. The Kier molecular flexibility index (Phi) is 4.96. The monoisotopic (exact) mass is 446 g/mol. The fourth-order valence-electron chi connectivity index (χ4n) is 5.53. The Labute approximate surface area is 192 Å². The second-order valence-electron chi connectivity index (χ2n) is 10.00. The smallest absolute Gasteiger partial charge is 0.270 e. The quantitative estimate of drug-likeness (QED) is 0.495. The highest BCUT2D eigenvalue weighted by atomic mass is 16.2. The maximum atomic E-state index is 13.1. The summed E-state index contributed by atoms with van der Waals surface area (Å²) < 4.78 is 1.61. The normalized spacial score (nSPS) is 21.5. The van der Waals surface area contributed by atoms with E-state index in [-0.39, 0.29) is 23.8 Å². The molecule has 2 aliphatic carbocycles. The Morgan fingerprint density at radius 3 is 2.61 bits per heavy atom. The molecular weight excluding hydrogens is 416 g/mol. The third kappa shape index (κ3) is 4.03. The average molecular weight is 447 g/mol. The summed E-state index contributed by atoms with van der Waals surface area (Å²) in [5.74, 6) is 2.63. The number of nitrogens with one attached hydrogen (secondary N) is 3. The number of amides is 2. The van der Waals surface area contributed by atoms with E-state index in [1.54, 1.807) is 24.0 Å². The molecular formula is C25H30N6O2. The van der Waals surface area contributed by atoms with Crippen molar-refractivity contribution in [2.75, 3.05) is 6.54 Å². The standard InChI is InChI=1S/C25H30N6O2/c1-31-20(9-11-27-31)25(33)30-22(21(15-3-4-15)16-5-6-16)23-28-18-7-2-14(13-19(18)29-23)12-17-8-10-26-24(17)32/h2,7,9,11,13,15-17,21-22H,3-6,8,10,12H2,1H3,(H,26,32)(H,28,29)(H,30,33)/t17-,22+/m1/s1. The van der Waals surface area contributed by atoms with Gasteiger partial charge >= 0.3 is 0 Å². The lowest BCUT2D eigenvalue weighted by atomic mass is 9.88.